The first kappa shape index (κ1) is 19.2. The third kappa shape index (κ3) is 6.81. The van der Waals surface area contributed by atoms with Crippen molar-refractivity contribution in [2.45, 2.75) is 84.2 Å². The van der Waals surface area contributed by atoms with Gasteiger partial charge in [0.25, 0.3) is 0 Å². The van der Waals surface area contributed by atoms with Crippen LogP contribution < -0.4 is 0 Å². The lowest BCUT2D eigenvalue weighted by Gasteiger charge is -2.28. The summed E-state index contributed by atoms with van der Waals surface area (Å²) in [6, 6.07) is 9.22. The molecule has 134 valence electrons. The fourth-order valence-corrected chi connectivity index (χ4v) is 3.72. The topological polar surface area (TPSA) is 9.23 Å². The molecule has 0 bridgehead atoms. The highest BCUT2D eigenvalue weighted by atomic mass is 16.5. The van der Waals surface area contributed by atoms with Gasteiger partial charge < -0.3 is 4.74 Å². The van der Waals surface area contributed by atoms with Gasteiger partial charge in [-0.2, -0.15) is 0 Å². The van der Waals surface area contributed by atoms with Gasteiger partial charge in [0.1, 0.15) is 0 Å². The molecule has 0 heterocycles. The van der Waals surface area contributed by atoms with Gasteiger partial charge in [-0.05, 0) is 67.9 Å². The molecule has 24 heavy (non-hydrogen) atoms. The van der Waals surface area contributed by atoms with Gasteiger partial charge in [-0.1, -0.05) is 63.1 Å². The Hall–Kier alpha value is -1.08. The second kappa shape index (κ2) is 11.5. The van der Waals surface area contributed by atoms with Crippen molar-refractivity contribution in [1.82, 2.24) is 0 Å². The van der Waals surface area contributed by atoms with Crippen molar-refractivity contribution in [3.63, 3.8) is 0 Å². The number of benzene rings is 1. The van der Waals surface area contributed by atoms with Crippen LogP contribution in [0.4, 0.5) is 0 Å². The molecule has 0 spiro atoms. The van der Waals surface area contributed by atoms with Gasteiger partial charge in [0, 0.05) is 6.61 Å². The SMILES string of the molecule is CC/C=C/CC1CCC(c2ccc(COCCCCC)cc2)CC1. The molecule has 1 saturated carbocycles. The van der Waals surface area contributed by atoms with E-state index in [4.69, 9.17) is 4.74 Å². The average molecular weight is 329 g/mol. The highest BCUT2D eigenvalue weighted by molar-refractivity contribution is 5.25. The van der Waals surface area contributed by atoms with E-state index in [1.54, 1.807) is 0 Å². The van der Waals surface area contributed by atoms with Crippen LogP contribution in [0.2, 0.25) is 0 Å². The minimum absolute atomic E-state index is 0.764. The molecule has 0 N–H and O–H groups in total. The van der Waals surface area contributed by atoms with Crippen LogP contribution in [0.15, 0.2) is 36.4 Å². The zero-order valence-corrected chi connectivity index (χ0v) is 15.8. The van der Waals surface area contributed by atoms with E-state index in [1.807, 2.05) is 0 Å². The largest absolute Gasteiger partial charge is 0.377 e. The summed E-state index contributed by atoms with van der Waals surface area (Å²) in [5.41, 5.74) is 2.85. The van der Waals surface area contributed by atoms with Crippen molar-refractivity contribution < 1.29 is 4.74 Å². The van der Waals surface area contributed by atoms with Gasteiger partial charge in [0.05, 0.1) is 6.61 Å². The monoisotopic (exact) mass is 328 g/mol. The predicted octanol–water partition coefficient (Wildman–Crippen LogP) is 7.02. The lowest BCUT2D eigenvalue weighted by molar-refractivity contribution is 0.117. The van der Waals surface area contributed by atoms with Crippen LogP contribution in [0.3, 0.4) is 0 Å². The average Bonchev–Trinajstić information content (AvgIpc) is 2.63. The number of hydrogen-bond donors (Lipinski definition) is 0. The Bertz CT molecular complexity index is 451. The van der Waals surface area contributed by atoms with Crippen LogP contribution in [-0.2, 0) is 11.3 Å². The van der Waals surface area contributed by atoms with Gasteiger partial charge in [-0.3, -0.25) is 0 Å². The maximum Gasteiger partial charge on any atom is 0.0716 e. The molecule has 0 aromatic heterocycles. The summed E-state index contributed by atoms with van der Waals surface area (Å²) in [5.74, 6) is 1.69. The quantitative estimate of drug-likeness (QED) is 0.331. The lowest BCUT2D eigenvalue weighted by atomic mass is 9.77. The Morgan fingerprint density at radius 2 is 1.71 bits per heavy atom. The summed E-state index contributed by atoms with van der Waals surface area (Å²) < 4.78 is 5.76. The van der Waals surface area contributed by atoms with Crippen molar-refractivity contribution >= 4 is 0 Å². The van der Waals surface area contributed by atoms with Crippen molar-refractivity contribution in [3.8, 4) is 0 Å². The first-order chi connectivity index (χ1) is 11.8. The zero-order valence-electron chi connectivity index (χ0n) is 15.8. The minimum atomic E-state index is 0.764. The zero-order chi connectivity index (χ0) is 17.0. The molecular weight excluding hydrogens is 292 g/mol. The molecule has 1 aromatic rings. The van der Waals surface area contributed by atoms with Crippen LogP contribution in [0, 0.1) is 5.92 Å². The smallest absolute Gasteiger partial charge is 0.0716 e. The van der Waals surface area contributed by atoms with Crippen LogP contribution in [0.5, 0.6) is 0 Å². The van der Waals surface area contributed by atoms with Gasteiger partial charge in [-0.15, -0.1) is 0 Å². The molecule has 0 amide bonds. The van der Waals surface area contributed by atoms with Gasteiger partial charge in [0.2, 0.25) is 0 Å². The molecule has 0 aliphatic heterocycles. The highest BCUT2D eigenvalue weighted by Gasteiger charge is 2.21. The molecule has 1 aromatic carbocycles. The highest BCUT2D eigenvalue weighted by Crippen LogP contribution is 2.37. The van der Waals surface area contributed by atoms with Gasteiger partial charge in [-0.25, -0.2) is 0 Å². The Morgan fingerprint density at radius 1 is 0.958 bits per heavy atom. The molecule has 0 atom stereocenters. The first-order valence-electron chi connectivity index (χ1n) is 10.1. The maximum atomic E-state index is 5.76. The summed E-state index contributed by atoms with van der Waals surface area (Å²) >= 11 is 0. The van der Waals surface area contributed by atoms with Gasteiger partial charge in [0.15, 0.2) is 0 Å². The molecular formula is C23H36O. The van der Waals surface area contributed by atoms with Gasteiger partial charge >= 0.3 is 0 Å². The summed E-state index contributed by atoms with van der Waals surface area (Å²) in [6.45, 7) is 6.11. The van der Waals surface area contributed by atoms with E-state index in [-0.39, 0.29) is 0 Å². The number of hydrogen-bond acceptors (Lipinski definition) is 1. The summed E-state index contributed by atoms with van der Waals surface area (Å²) in [5, 5.41) is 0. The van der Waals surface area contributed by atoms with E-state index in [9.17, 15) is 0 Å². The summed E-state index contributed by atoms with van der Waals surface area (Å²) in [6.07, 6.45) is 16.4. The molecule has 1 fully saturated rings. The van der Waals surface area contributed by atoms with E-state index in [0.29, 0.717) is 0 Å². The lowest BCUT2D eigenvalue weighted by Crippen LogP contribution is -2.12. The Balaban J connectivity index is 1.71. The number of rotatable bonds is 10. The van der Waals surface area contributed by atoms with Crippen LogP contribution in [0.25, 0.3) is 0 Å². The van der Waals surface area contributed by atoms with Crippen LogP contribution in [0.1, 0.15) is 88.7 Å². The standard InChI is InChI=1S/C23H36O/c1-3-5-7-9-20-10-14-22(15-11-20)23-16-12-21(13-17-23)19-24-18-8-6-4-2/h5,7,12-13,16-17,20,22H,3-4,6,8-11,14-15,18-19H2,1-2H3/b7-5+. The summed E-state index contributed by atoms with van der Waals surface area (Å²) in [7, 11) is 0. The van der Waals surface area contributed by atoms with E-state index < -0.39 is 0 Å². The van der Waals surface area contributed by atoms with Crippen molar-refractivity contribution in [2.24, 2.45) is 5.92 Å². The third-order valence-corrected chi connectivity index (χ3v) is 5.33. The second-order valence-electron chi connectivity index (χ2n) is 7.33. The molecule has 1 aliphatic carbocycles. The van der Waals surface area contributed by atoms with E-state index in [2.05, 4.69) is 50.3 Å². The Morgan fingerprint density at radius 3 is 2.38 bits per heavy atom. The number of allylic oxidation sites excluding steroid dienone is 2. The normalized spacial score (nSPS) is 21.4. The fourth-order valence-electron chi connectivity index (χ4n) is 3.72. The van der Waals surface area contributed by atoms with Crippen molar-refractivity contribution in [1.29, 1.82) is 0 Å². The Labute approximate surface area is 149 Å². The van der Waals surface area contributed by atoms with Crippen LogP contribution in [-0.4, -0.2) is 6.61 Å². The molecule has 2 rings (SSSR count). The fraction of sp³-hybridized carbons (Fsp3) is 0.652. The van der Waals surface area contributed by atoms with E-state index in [1.165, 1.54) is 68.9 Å². The molecule has 1 aliphatic rings. The number of unbranched alkanes of at least 4 members (excludes halogenated alkanes) is 2. The molecule has 0 unspecified atom stereocenters. The summed E-state index contributed by atoms with van der Waals surface area (Å²) in [4.78, 5) is 0. The van der Waals surface area contributed by atoms with Crippen molar-refractivity contribution in [3.05, 3.63) is 47.5 Å². The third-order valence-electron chi connectivity index (χ3n) is 5.33. The maximum absolute atomic E-state index is 5.76. The Kier molecular flexibility index (Phi) is 9.20. The first-order valence-corrected chi connectivity index (χ1v) is 10.1. The molecule has 0 radical (unpaired) electrons. The molecule has 0 saturated heterocycles. The van der Waals surface area contributed by atoms with Crippen molar-refractivity contribution in [2.75, 3.05) is 6.61 Å². The van der Waals surface area contributed by atoms with Crippen LogP contribution >= 0.6 is 0 Å². The van der Waals surface area contributed by atoms with E-state index >= 15 is 0 Å². The number of ether oxygens (including phenoxy) is 1. The molecule has 1 nitrogen and oxygen atoms in total. The minimum Gasteiger partial charge on any atom is -0.377 e. The predicted molar refractivity (Wildman–Crippen MR) is 104 cm³/mol. The second-order valence-corrected chi connectivity index (χ2v) is 7.33. The van der Waals surface area contributed by atoms with E-state index in [0.717, 1.165) is 25.0 Å². The molecule has 1 heteroatoms.